The number of anilines is 1. The standard InChI is InChI=1S/C15H18N2O3S/c1-19-11-7-17(8-12(11)20-2)15(18)14-6-9-5-10(16)3-4-13(9)21-14/h3-6,11-12H,7-8,16H2,1-2H3. The van der Waals surface area contributed by atoms with Crippen LogP contribution < -0.4 is 5.73 Å². The number of amides is 1. The number of hydrogen-bond donors (Lipinski definition) is 1. The molecule has 2 atom stereocenters. The lowest BCUT2D eigenvalue weighted by atomic mass is 10.2. The van der Waals surface area contributed by atoms with E-state index in [1.165, 1.54) is 11.3 Å². The number of benzene rings is 1. The van der Waals surface area contributed by atoms with Gasteiger partial charge in [0.2, 0.25) is 0 Å². The number of methoxy groups -OCH3 is 2. The molecule has 1 saturated heterocycles. The van der Waals surface area contributed by atoms with Crippen LogP contribution in [0.3, 0.4) is 0 Å². The van der Waals surface area contributed by atoms with E-state index in [4.69, 9.17) is 15.2 Å². The largest absolute Gasteiger partial charge is 0.399 e. The number of likely N-dealkylation sites (tertiary alicyclic amines) is 1. The second-order valence-electron chi connectivity index (χ2n) is 5.17. The molecule has 0 saturated carbocycles. The van der Waals surface area contributed by atoms with Crippen molar-refractivity contribution in [1.82, 2.24) is 4.90 Å². The quantitative estimate of drug-likeness (QED) is 0.881. The second-order valence-corrected chi connectivity index (χ2v) is 6.25. The average molecular weight is 306 g/mol. The van der Waals surface area contributed by atoms with Crippen LogP contribution >= 0.6 is 11.3 Å². The van der Waals surface area contributed by atoms with Crippen molar-refractivity contribution in [2.75, 3.05) is 33.0 Å². The maximum atomic E-state index is 12.6. The monoisotopic (exact) mass is 306 g/mol. The lowest BCUT2D eigenvalue weighted by Gasteiger charge is -2.14. The highest BCUT2D eigenvalue weighted by Gasteiger charge is 2.36. The zero-order valence-corrected chi connectivity index (χ0v) is 12.9. The van der Waals surface area contributed by atoms with Gasteiger partial charge in [0.05, 0.1) is 4.88 Å². The number of nitrogen functional groups attached to an aromatic ring is 1. The Hall–Kier alpha value is -1.63. The van der Waals surface area contributed by atoms with Crippen LogP contribution in [0.1, 0.15) is 9.67 Å². The van der Waals surface area contributed by atoms with Crippen LogP contribution in [-0.2, 0) is 9.47 Å². The van der Waals surface area contributed by atoms with Crippen molar-refractivity contribution < 1.29 is 14.3 Å². The molecule has 1 amide bonds. The fourth-order valence-corrected chi connectivity index (χ4v) is 3.70. The van der Waals surface area contributed by atoms with Gasteiger partial charge in [0.25, 0.3) is 5.91 Å². The third kappa shape index (κ3) is 2.62. The summed E-state index contributed by atoms with van der Waals surface area (Å²) < 4.78 is 11.8. The second kappa shape index (κ2) is 5.63. The van der Waals surface area contributed by atoms with E-state index in [9.17, 15) is 4.79 Å². The molecule has 1 fully saturated rings. The van der Waals surface area contributed by atoms with Crippen LogP contribution in [0.5, 0.6) is 0 Å². The number of carbonyl (C=O) groups excluding carboxylic acids is 1. The summed E-state index contributed by atoms with van der Waals surface area (Å²) in [5.41, 5.74) is 6.49. The molecule has 2 aromatic rings. The predicted molar refractivity (Wildman–Crippen MR) is 83.7 cm³/mol. The van der Waals surface area contributed by atoms with Gasteiger partial charge in [-0.15, -0.1) is 11.3 Å². The molecule has 1 aromatic carbocycles. The van der Waals surface area contributed by atoms with Crippen molar-refractivity contribution in [3.8, 4) is 0 Å². The number of nitrogens with two attached hydrogens (primary N) is 1. The number of ether oxygens (including phenoxy) is 2. The maximum absolute atomic E-state index is 12.6. The number of thiophene rings is 1. The molecule has 6 heteroatoms. The SMILES string of the molecule is COC1CN(C(=O)c2cc3cc(N)ccc3s2)CC1OC. The number of carbonyl (C=O) groups is 1. The van der Waals surface area contributed by atoms with Gasteiger partial charge in [-0.05, 0) is 29.7 Å². The summed E-state index contributed by atoms with van der Waals surface area (Å²) in [4.78, 5) is 15.1. The van der Waals surface area contributed by atoms with Gasteiger partial charge < -0.3 is 20.1 Å². The van der Waals surface area contributed by atoms with Gasteiger partial charge in [-0.2, -0.15) is 0 Å². The first-order valence-corrected chi connectivity index (χ1v) is 7.58. The minimum absolute atomic E-state index is 0.0244. The molecule has 1 aliphatic rings. The highest BCUT2D eigenvalue weighted by atomic mass is 32.1. The lowest BCUT2D eigenvalue weighted by molar-refractivity contribution is -0.00461. The Kier molecular flexibility index (Phi) is 3.84. The maximum Gasteiger partial charge on any atom is 0.264 e. The molecular formula is C15H18N2O3S. The molecule has 1 aliphatic heterocycles. The van der Waals surface area contributed by atoms with E-state index < -0.39 is 0 Å². The molecule has 0 bridgehead atoms. The van der Waals surface area contributed by atoms with Gasteiger partial charge in [-0.25, -0.2) is 0 Å². The van der Waals surface area contributed by atoms with E-state index in [0.29, 0.717) is 18.8 Å². The smallest absolute Gasteiger partial charge is 0.264 e. The van der Waals surface area contributed by atoms with Gasteiger partial charge >= 0.3 is 0 Å². The lowest BCUT2D eigenvalue weighted by Crippen LogP contribution is -2.29. The summed E-state index contributed by atoms with van der Waals surface area (Å²) in [6, 6.07) is 7.60. The van der Waals surface area contributed by atoms with E-state index in [2.05, 4.69) is 0 Å². The van der Waals surface area contributed by atoms with Gasteiger partial charge in [0, 0.05) is 37.7 Å². The molecule has 2 heterocycles. The fraction of sp³-hybridized carbons (Fsp3) is 0.400. The number of fused-ring (bicyclic) bond motifs is 1. The Morgan fingerprint density at radius 2 is 1.90 bits per heavy atom. The molecule has 112 valence electrons. The fourth-order valence-electron chi connectivity index (χ4n) is 2.69. The predicted octanol–water partition coefficient (Wildman–Crippen LogP) is 1.97. The number of rotatable bonds is 3. The van der Waals surface area contributed by atoms with Crippen molar-refractivity contribution in [3.05, 3.63) is 29.1 Å². The Morgan fingerprint density at radius 3 is 2.52 bits per heavy atom. The summed E-state index contributed by atoms with van der Waals surface area (Å²) in [6.07, 6.45) is -0.132. The molecule has 2 N–H and O–H groups in total. The van der Waals surface area contributed by atoms with Crippen molar-refractivity contribution in [2.45, 2.75) is 12.2 Å². The Balaban J connectivity index is 1.84. The minimum Gasteiger partial charge on any atom is -0.399 e. The molecule has 0 radical (unpaired) electrons. The molecule has 0 aliphatic carbocycles. The summed E-state index contributed by atoms with van der Waals surface area (Å²) in [5, 5.41) is 1.01. The Labute approximate surface area is 127 Å². The van der Waals surface area contributed by atoms with Gasteiger partial charge in [-0.1, -0.05) is 0 Å². The van der Waals surface area contributed by atoms with Crippen LogP contribution in [0.4, 0.5) is 5.69 Å². The van der Waals surface area contributed by atoms with Crippen molar-refractivity contribution in [1.29, 1.82) is 0 Å². The van der Waals surface area contributed by atoms with Crippen LogP contribution in [0.15, 0.2) is 24.3 Å². The number of hydrogen-bond acceptors (Lipinski definition) is 5. The molecule has 5 nitrogen and oxygen atoms in total. The zero-order chi connectivity index (χ0) is 15.0. The first-order chi connectivity index (χ1) is 10.1. The van der Waals surface area contributed by atoms with E-state index >= 15 is 0 Å². The molecule has 21 heavy (non-hydrogen) atoms. The molecular weight excluding hydrogens is 288 g/mol. The first-order valence-electron chi connectivity index (χ1n) is 6.76. The summed E-state index contributed by atoms with van der Waals surface area (Å²) in [7, 11) is 3.29. The summed E-state index contributed by atoms with van der Waals surface area (Å²) in [6.45, 7) is 1.12. The first kappa shape index (κ1) is 14.3. The van der Waals surface area contributed by atoms with E-state index in [1.807, 2.05) is 24.3 Å². The van der Waals surface area contributed by atoms with Gasteiger partial charge in [-0.3, -0.25) is 4.79 Å². The van der Waals surface area contributed by atoms with Gasteiger partial charge in [0.1, 0.15) is 12.2 Å². The van der Waals surface area contributed by atoms with Crippen LogP contribution in [0.2, 0.25) is 0 Å². The average Bonchev–Trinajstić information content (AvgIpc) is 3.09. The number of nitrogens with zero attached hydrogens (tertiary/aromatic N) is 1. The van der Waals surface area contributed by atoms with Crippen molar-refractivity contribution in [3.63, 3.8) is 0 Å². The third-order valence-electron chi connectivity index (χ3n) is 3.86. The van der Waals surface area contributed by atoms with Crippen LogP contribution in [0, 0.1) is 0 Å². The molecule has 1 aromatic heterocycles. The normalized spacial score (nSPS) is 22.1. The minimum atomic E-state index is -0.0658. The van der Waals surface area contributed by atoms with Crippen LogP contribution in [-0.4, -0.2) is 50.3 Å². The van der Waals surface area contributed by atoms with Crippen LogP contribution in [0.25, 0.3) is 10.1 Å². The van der Waals surface area contributed by atoms with E-state index in [0.717, 1.165) is 15.0 Å². The molecule has 3 rings (SSSR count). The highest BCUT2D eigenvalue weighted by molar-refractivity contribution is 7.20. The van der Waals surface area contributed by atoms with E-state index in [1.54, 1.807) is 19.1 Å². The third-order valence-corrected chi connectivity index (χ3v) is 4.96. The highest BCUT2D eigenvalue weighted by Crippen LogP contribution is 2.29. The van der Waals surface area contributed by atoms with Crippen molar-refractivity contribution in [2.24, 2.45) is 0 Å². The van der Waals surface area contributed by atoms with E-state index in [-0.39, 0.29) is 18.1 Å². The molecule has 0 spiro atoms. The molecule has 2 unspecified atom stereocenters. The Bertz CT molecular complexity index is 658. The summed E-state index contributed by atoms with van der Waals surface area (Å²) in [5.74, 6) is 0.0244. The van der Waals surface area contributed by atoms with Crippen molar-refractivity contribution >= 4 is 33.0 Å². The van der Waals surface area contributed by atoms with Gasteiger partial charge in [0.15, 0.2) is 0 Å². The zero-order valence-electron chi connectivity index (χ0n) is 12.0. The summed E-state index contributed by atoms with van der Waals surface area (Å²) >= 11 is 1.49. The Morgan fingerprint density at radius 1 is 1.24 bits per heavy atom. The topological polar surface area (TPSA) is 64.8 Å².